The Bertz CT molecular complexity index is 320. The highest BCUT2D eigenvalue weighted by Gasteiger charge is 2.23. The second-order valence-electron chi connectivity index (χ2n) is 4.72. The van der Waals surface area contributed by atoms with Gasteiger partial charge in [-0.2, -0.15) is 0 Å². The van der Waals surface area contributed by atoms with E-state index in [0.717, 1.165) is 0 Å². The van der Waals surface area contributed by atoms with Gasteiger partial charge < -0.3 is 19.9 Å². The first kappa shape index (κ1) is 16.2. The smallest absolute Gasteiger partial charge is 0.407 e. The molecule has 1 atom stereocenters. The summed E-state index contributed by atoms with van der Waals surface area (Å²) in [6, 6.07) is -0.857. The summed E-state index contributed by atoms with van der Waals surface area (Å²) in [4.78, 5) is 33.1. The minimum Gasteiger partial charge on any atom is -0.481 e. The fourth-order valence-electron chi connectivity index (χ4n) is 1.14. The maximum atomic E-state index is 11.4. The molecule has 2 N–H and O–H groups in total. The first-order valence-corrected chi connectivity index (χ1v) is 5.42. The number of carbonyl (C=O) groups excluding carboxylic acids is 2. The quantitative estimate of drug-likeness (QED) is 0.713. The second-order valence-corrected chi connectivity index (χ2v) is 4.72. The van der Waals surface area contributed by atoms with E-state index < -0.39 is 29.7 Å². The summed E-state index contributed by atoms with van der Waals surface area (Å²) < 4.78 is 9.39. The molecule has 0 aliphatic heterocycles. The van der Waals surface area contributed by atoms with Crippen LogP contribution in [0.4, 0.5) is 4.79 Å². The second kappa shape index (κ2) is 6.83. The van der Waals surface area contributed by atoms with Crippen LogP contribution in [0.2, 0.25) is 0 Å². The van der Waals surface area contributed by atoms with E-state index in [1.54, 1.807) is 20.8 Å². The average Bonchev–Trinajstić information content (AvgIpc) is 2.12. The number of alkyl carbamates (subject to hydrolysis) is 1. The zero-order valence-corrected chi connectivity index (χ0v) is 11.0. The molecule has 0 spiro atoms. The van der Waals surface area contributed by atoms with Crippen LogP contribution in [0.3, 0.4) is 0 Å². The first-order chi connectivity index (χ1) is 8.14. The van der Waals surface area contributed by atoms with Crippen molar-refractivity contribution in [1.82, 2.24) is 5.32 Å². The van der Waals surface area contributed by atoms with E-state index in [1.165, 1.54) is 7.11 Å². The molecule has 0 unspecified atom stereocenters. The molecule has 7 nitrogen and oxygen atoms in total. The SMILES string of the molecule is COC(=O)C[C@@H](CC(=O)O)NC(=O)OC(C)(C)C. The molecule has 7 heteroatoms. The van der Waals surface area contributed by atoms with Crippen LogP contribution in [0.25, 0.3) is 0 Å². The summed E-state index contributed by atoms with van der Waals surface area (Å²) in [6.07, 6.45) is -1.37. The zero-order valence-electron chi connectivity index (χ0n) is 11.0. The van der Waals surface area contributed by atoms with Crippen molar-refractivity contribution in [1.29, 1.82) is 0 Å². The highest BCUT2D eigenvalue weighted by Crippen LogP contribution is 2.08. The normalized spacial score (nSPS) is 12.4. The fourth-order valence-corrected chi connectivity index (χ4v) is 1.14. The van der Waals surface area contributed by atoms with Crippen molar-refractivity contribution in [2.75, 3.05) is 7.11 Å². The molecule has 0 fully saturated rings. The lowest BCUT2D eigenvalue weighted by atomic mass is 10.1. The van der Waals surface area contributed by atoms with Gasteiger partial charge in [-0.25, -0.2) is 4.79 Å². The Balaban J connectivity index is 4.44. The van der Waals surface area contributed by atoms with E-state index in [0.29, 0.717) is 0 Å². The predicted molar refractivity (Wildman–Crippen MR) is 62.0 cm³/mol. The Hall–Kier alpha value is -1.79. The van der Waals surface area contributed by atoms with E-state index in [2.05, 4.69) is 10.1 Å². The third-order valence-electron chi connectivity index (χ3n) is 1.78. The molecule has 0 saturated heterocycles. The summed E-state index contributed by atoms with van der Waals surface area (Å²) in [5, 5.41) is 11.0. The Morgan fingerprint density at radius 3 is 2.17 bits per heavy atom. The van der Waals surface area contributed by atoms with E-state index >= 15 is 0 Å². The van der Waals surface area contributed by atoms with Gasteiger partial charge in [0.15, 0.2) is 0 Å². The maximum absolute atomic E-state index is 11.4. The molecule has 0 saturated carbocycles. The first-order valence-electron chi connectivity index (χ1n) is 5.42. The van der Waals surface area contributed by atoms with Gasteiger partial charge in [0.2, 0.25) is 0 Å². The molecule has 18 heavy (non-hydrogen) atoms. The van der Waals surface area contributed by atoms with Crippen molar-refractivity contribution in [2.24, 2.45) is 0 Å². The van der Waals surface area contributed by atoms with Crippen LogP contribution in [0.1, 0.15) is 33.6 Å². The van der Waals surface area contributed by atoms with Crippen LogP contribution < -0.4 is 5.32 Å². The molecule has 0 aromatic heterocycles. The molecule has 104 valence electrons. The summed E-state index contributed by atoms with van der Waals surface area (Å²) in [7, 11) is 1.19. The summed E-state index contributed by atoms with van der Waals surface area (Å²) in [6.45, 7) is 5.04. The lowest BCUT2D eigenvalue weighted by Crippen LogP contribution is -2.41. The Kier molecular flexibility index (Phi) is 6.15. The number of rotatable bonds is 5. The van der Waals surface area contributed by atoms with E-state index in [-0.39, 0.29) is 12.8 Å². The molecule has 0 rings (SSSR count). The van der Waals surface area contributed by atoms with Crippen LogP contribution in [-0.4, -0.2) is 41.9 Å². The van der Waals surface area contributed by atoms with Crippen LogP contribution >= 0.6 is 0 Å². The number of carboxylic acid groups (broad SMARTS) is 1. The molecule has 0 aliphatic carbocycles. The van der Waals surface area contributed by atoms with Gasteiger partial charge in [0.05, 0.1) is 26.0 Å². The summed E-state index contributed by atoms with van der Waals surface area (Å²) in [5.41, 5.74) is -0.691. The van der Waals surface area contributed by atoms with Crippen molar-refractivity contribution in [3.63, 3.8) is 0 Å². The van der Waals surface area contributed by atoms with Crippen LogP contribution in [0.15, 0.2) is 0 Å². The Morgan fingerprint density at radius 1 is 1.22 bits per heavy atom. The molecule has 0 bridgehead atoms. The van der Waals surface area contributed by atoms with Crippen LogP contribution in [0.5, 0.6) is 0 Å². The maximum Gasteiger partial charge on any atom is 0.407 e. The molecule has 0 radical (unpaired) electrons. The summed E-state index contributed by atoms with van der Waals surface area (Å²) >= 11 is 0. The van der Waals surface area contributed by atoms with Crippen molar-refractivity contribution in [3.05, 3.63) is 0 Å². The number of aliphatic carboxylic acids is 1. The van der Waals surface area contributed by atoms with Gasteiger partial charge in [-0.1, -0.05) is 0 Å². The van der Waals surface area contributed by atoms with Gasteiger partial charge in [0.25, 0.3) is 0 Å². The number of hydrogen-bond donors (Lipinski definition) is 2. The molecule has 1 amide bonds. The average molecular weight is 261 g/mol. The number of carboxylic acids is 1. The number of carbonyl (C=O) groups is 3. The number of hydrogen-bond acceptors (Lipinski definition) is 5. The third kappa shape index (κ3) is 8.37. The van der Waals surface area contributed by atoms with Crippen molar-refractivity contribution < 1.29 is 29.0 Å². The van der Waals surface area contributed by atoms with E-state index in [1.807, 2.05) is 0 Å². The summed E-state index contributed by atoms with van der Waals surface area (Å²) in [5.74, 6) is -1.72. The third-order valence-corrected chi connectivity index (χ3v) is 1.78. The minimum atomic E-state index is -1.13. The van der Waals surface area contributed by atoms with Gasteiger partial charge >= 0.3 is 18.0 Å². The van der Waals surface area contributed by atoms with Gasteiger partial charge in [0.1, 0.15) is 5.60 Å². The Labute approximate surface area is 105 Å². The predicted octanol–water partition coefficient (Wildman–Crippen LogP) is 0.917. The minimum absolute atomic E-state index is 0.220. The molecule has 0 aromatic carbocycles. The molecule has 0 aliphatic rings. The van der Waals surface area contributed by atoms with E-state index in [9.17, 15) is 14.4 Å². The zero-order chi connectivity index (χ0) is 14.3. The van der Waals surface area contributed by atoms with Crippen molar-refractivity contribution in [2.45, 2.75) is 45.3 Å². The largest absolute Gasteiger partial charge is 0.481 e. The van der Waals surface area contributed by atoms with Gasteiger partial charge in [-0.3, -0.25) is 9.59 Å². The number of amides is 1. The van der Waals surface area contributed by atoms with Crippen LogP contribution in [-0.2, 0) is 19.1 Å². The van der Waals surface area contributed by atoms with Gasteiger partial charge in [-0.15, -0.1) is 0 Å². The van der Waals surface area contributed by atoms with Crippen molar-refractivity contribution >= 4 is 18.0 Å². The van der Waals surface area contributed by atoms with Gasteiger partial charge in [-0.05, 0) is 20.8 Å². The number of esters is 1. The fraction of sp³-hybridized carbons (Fsp3) is 0.727. The molecular weight excluding hydrogens is 242 g/mol. The standard InChI is InChI=1S/C11H19NO6/c1-11(2,3)18-10(16)12-7(5-8(13)14)6-9(15)17-4/h7H,5-6H2,1-4H3,(H,12,16)(H,13,14)/t7-/m1/s1. The number of nitrogens with one attached hydrogen (secondary N) is 1. The topological polar surface area (TPSA) is 102 Å². The van der Waals surface area contributed by atoms with Crippen molar-refractivity contribution in [3.8, 4) is 0 Å². The van der Waals surface area contributed by atoms with E-state index in [4.69, 9.17) is 9.84 Å². The van der Waals surface area contributed by atoms with Gasteiger partial charge in [0, 0.05) is 0 Å². The van der Waals surface area contributed by atoms with Crippen LogP contribution in [0, 0.1) is 0 Å². The number of methoxy groups -OCH3 is 1. The Morgan fingerprint density at radius 2 is 1.78 bits per heavy atom. The molecule has 0 heterocycles. The molecule has 0 aromatic rings. The highest BCUT2D eigenvalue weighted by molar-refractivity contribution is 5.75. The monoisotopic (exact) mass is 261 g/mol. The lowest BCUT2D eigenvalue weighted by Gasteiger charge is -2.22. The highest BCUT2D eigenvalue weighted by atomic mass is 16.6. The molecular formula is C11H19NO6. The lowest BCUT2D eigenvalue weighted by molar-refractivity contribution is -0.142. The number of ether oxygens (including phenoxy) is 2.